The first kappa shape index (κ1) is 12.1. The first-order valence-electron chi connectivity index (χ1n) is 4.14. The molecule has 0 spiro atoms. The fraction of sp³-hybridized carbons (Fsp3) is 0.250. The van der Waals surface area contributed by atoms with Gasteiger partial charge in [-0.2, -0.15) is 0 Å². The van der Waals surface area contributed by atoms with Crippen molar-refractivity contribution < 1.29 is 14.4 Å². The first-order chi connectivity index (χ1) is 7.54. The molecule has 0 atom stereocenters. The van der Waals surface area contributed by atoms with Gasteiger partial charge in [0.1, 0.15) is 22.2 Å². The second-order valence-corrected chi connectivity index (χ2v) is 5.28. The Hall–Kier alpha value is -0.340. The van der Waals surface area contributed by atoms with Gasteiger partial charge in [0, 0.05) is 0 Å². The average Bonchev–Trinajstić information content (AvgIpc) is 2.26. The molecule has 0 bridgehead atoms. The fourth-order valence-corrected chi connectivity index (χ4v) is 3.22. The van der Waals surface area contributed by atoms with Gasteiger partial charge in [-0.1, -0.05) is 0 Å². The Kier molecular flexibility index (Phi) is 3.41. The number of halogens is 3. The van der Waals surface area contributed by atoms with Gasteiger partial charge < -0.3 is 9.47 Å². The van der Waals surface area contributed by atoms with Crippen LogP contribution in [0.5, 0.6) is 11.5 Å². The quantitative estimate of drug-likeness (QED) is 0.397. The van der Waals surface area contributed by atoms with E-state index >= 15 is 0 Å². The highest BCUT2D eigenvalue weighted by molar-refractivity contribution is 9.13. The molecule has 1 aliphatic heterocycles. The van der Waals surface area contributed by atoms with Crippen molar-refractivity contribution in [3.05, 3.63) is 23.5 Å². The highest BCUT2D eigenvalue weighted by atomic mass is 79.9. The van der Waals surface area contributed by atoms with Gasteiger partial charge in [0.15, 0.2) is 11.5 Å². The van der Waals surface area contributed by atoms with Gasteiger partial charge in [-0.15, -0.1) is 0 Å². The molecule has 1 heterocycles. The number of hydrogen-bond donors (Lipinski definition) is 0. The third kappa shape index (κ3) is 1.82. The van der Waals surface area contributed by atoms with Gasteiger partial charge in [0.2, 0.25) is 0 Å². The SMILES string of the molecule is O=[N+]([O-])c1c(Br)c(Br)c2c(c1Br)OCCO2. The molecular weight excluding hydrogens is 414 g/mol. The Morgan fingerprint density at radius 2 is 1.50 bits per heavy atom. The summed E-state index contributed by atoms with van der Waals surface area (Å²) < 4.78 is 11.8. The van der Waals surface area contributed by atoms with Crippen LogP contribution in [0.15, 0.2) is 13.4 Å². The van der Waals surface area contributed by atoms with Crippen LogP contribution in [-0.2, 0) is 0 Å². The summed E-state index contributed by atoms with van der Waals surface area (Å²) in [6, 6.07) is 0. The number of benzene rings is 1. The number of nitro benzene ring substituents is 1. The van der Waals surface area contributed by atoms with Crippen LogP contribution < -0.4 is 9.47 Å². The average molecular weight is 418 g/mol. The number of nitrogens with zero attached hydrogens (tertiary/aromatic N) is 1. The Labute approximate surface area is 116 Å². The van der Waals surface area contributed by atoms with Crippen LogP contribution in [-0.4, -0.2) is 18.1 Å². The standard InChI is InChI=1S/C8H4Br3NO4/c9-3-4(10)7-8(16-2-1-15-7)5(11)6(3)12(13)14/h1-2H2. The number of hydrogen-bond acceptors (Lipinski definition) is 4. The number of nitro groups is 1. The minimum Gasteiger partial charge on any atom is -0.485 e. The van der Waals surface area contributed by atoms with Crippen LogP contribution >= 0.6 is 47.8 Å². The maximum atomic E-state index is 10.9. The second-order valence-electron chi connectivity index (χ2n) is 2.90. The molecule has 0 N–H and O–H groups in total. The molecule has 0 aliphatic carbocycles. The summed E-state index contributed by atoms with van der Waals surface area (Å²) in [5.41, 5.74) is -0.0869. The summed E-state index contributed by atoms with van der Waals surface area (Å²) in [6.45, 7) is 0.791. The molecule has 16 heavy (non-hydrogen) atoms. The van der Waals surface area contributed by atoms with E-state index in [1.807, 2.05) is 0 Å². The van der Waals surface area contributed by atoms with E-state index in [-0.39, 0.29) is 10.2 Å². The highest BCUT2D eigenvalue weighted by Gasteiger charge is 2.31. The van der Waals surface area contributed by atoms with Crippen molar-refractivity contribution in [2.45, 2.75) is 0 Å². The summed E-state index contributed by atoms with van der Waals surface area (Å²) in [5, 5.41) is 10.9. The topological polar surface area (TPSA) is 61.6 Å². The lowest BCUT2D eigenvalue weighted by Crippen LogP contribution is -2.16. The van der Waals surface area contributed by atoms with Gasteiger partial charge in [0.25, 0.3) is 0 Å². The van der Waals surface area contributed by atoms with E-state index in [1.54, 1.807) is 0 Å². The Bertz CT molecular complexity index is 477. The lowest BCUT2D eigenvalue weighted by Gasteiger charge is -2.21. The molecule has 0 radical (unpaired) electrons. The Morgan fingerprint density at radius 3 is 2.00 bits per heavy atom. The summed E-state index contributed by atoms with van der Waals surface area (Å²) in [5.74, 6) is 0.823. The molecule has 1 aromatic rings. The van der Waals surface area contributed by atoms with E-state index in [4.69, 9.17) is 9.47 Å². The third-order valence-electron chi connectivity index (χ3n) is 1.97. The maximum Gasteiger partial charge on any atom is 0.302 e. The van der Waals surface area contributed by atoms with E-state index in [1.165, 1.54) is 0 Å². The molecule has 0 saturated heterocycles. The van der Waals surface area contributed by atoms with Gasteiger partial charge in [-0.3, -0.25) is 10.1 Å². The second kappa shape index (κ2) is 4.50. The molecule has 0 fully saturated rings. The Balaban J connectivity index is 2.75. The molecule has 5 nitrogen and oxygen atoms in total. The zero-order chi connectivity index (χ0) is 11.9. The molecule has 0 unspecified atom stereocenters. The molecular formula is C8H4Br3NO4. The number of ether oxygens (including phenoxy) is 2. The molecule has 8 heteroatoms. The molecule has 0 amide bonds. The van der Waals surface area contributed by atoms with Gasteiger partial charge >= 0.3 is 5.69 Å². The smallest absolute Gasteiger partial charge is 0.302 e. The largest absolute Gasteiger partial charge is 0.485 e. The van der Waals surface area contributed by atoms with Crippen molar-refractivity contribution in [1.29, 1.82) is 0 Å². The van der Waals surface area contributed by atoms with Crippen molar-refractivity contribution in [2.24, 2.45) is 0 Å². The zero-order valence-corrected chi connectivity index (χ0v) is 12.4. The van der Waals surface area contributed by atoms with Gasteiger partial charge in [-0.25, -0.2) is 0 Å². The predicted molar refractivity (Wildman–Crippen MR) is 67.2 cm³/mol. The van der Waals surface area contributed by atoms with E-state index in [2.05, 4.69) is 47.8 Å². The van der Waals surface area contributed by atoms with Gasteiger partial charge in [0.05, 0.1) is 9.40 Å². The number of fused-ring (bicyclic) bond motifs is 1. The number of rotatable bonds is 1. The van der Waals surface area contributed by atoms with Crippen molar-refractivity contribution in [3.63, 3.8) is 0 Å². The lowest BCUT2D eigenvalue weighted by molar-refractivity contribution is -0.386. The minimum atomic E-state index is -0.489. The molecule has 2 rings (SSSR count). The third-order valence-corrected chi connectivity index (χ3v) is 4.77. The van der Waals surface area contributed by atoms with E-state index in [0.717, 1.165) is 0 Å². The summed E-state index contributed by atoms with van der Waals surface area (Å²) in [6.07, 6.45) is 0. The Morgan fingerprint density at radius 1 is 1.00 bits per heavy atom. The predicted octanol–water partition coefficient (Wildman–Crippen LogP) is 3.65. The van der Waals surface area contributed by atoms with Crippen LogP contribution in [0.3, 0.4) is 0 Å². The van der Waals surface area contributed by atoms with Crippen LogP contribution in [0.25, 0.3) is 0 Å². The summed E-state index contributed by atoms with van der Waals surface area (Å²) in [7, 11) is 0. The summed E-state index contributed by atoms with van der Waals surface area (Å²) >= 11 is 9.55. The molecule has 86 valence electrons. The van der Waals surface area contributed by atoms with Crippen LogP contribution in [0.4, 0.5) is 5.69 Å². The molecule has 0 saturated carbocycles. The van der Waals surface area contributed by atoms with Crippen LogP contribution in [0.2, 0.25) is 0 Å². The van der Waals surface area contributed by atoms with Crippen molar-refractivity contribution in [3.8, 4) is 11.5 Å². The molecule has 0 aromatic heterocycles. The fourth-order valence-electron chi connectivity index (χ4n) is 1.31. The molecule has 1 aliphatic rings. The van der Waals surface area contributed by atoms with E-state index in [9.17, 15) is 10.1 Å². The van der Waals surface area contributed by atoms with Crippen molar-refractivity contribution in [2.75, 3.05) is 13.2 Å². The van der Waals surface area contributed by atoms with E-state index < -0.39 is 4.92 Å². The lowest BCUT2D eigenvalue weighted by atomic mass is 10.2. The zero-order valence-electron chi connectivity index (χ0n) is 7.63. The first-order valence-corrected chi connectivity index (χ1v) is 6.52. The monoisotopic (exact) mass is 415 g/mol. The molecule has 1 aromatic carbocycles. The van der Waals surface area contributed by atoms with Crippen molar-refractivity contribution in [1.82, 2.24) is 0 Å². The maximum absolute atomic E-state index is 10.9. The van der Waals surface area contributed by atoms with Crippen molar-refractivity contribution >= 4 is 53.5 Å². The summed E-state index contributed by atoms with van der Waals surface area (Å²) in [4.78, 5) is 10.4. The van der Waals surface area contributed by atoms with Gasteiger partial charge in [-0.05, 0) is 47.8 Å². The van der Waals surface area contributed by atoms with E-state index in [0.29, 0.717) is 33.7 Å². The van der Waals surface area contributed by atoms with Crippen LogP contribution in [0.1, 0.15) is 0 Å². The normalized spacial score (nSPS) is 13.7. The minimum absolute atomic E-state index is 0.0869. The highest BCUT2D eigenvalue weighted by Crippen LogP contribution is 2.52. The van der Waals surface area contributed by atoms with Crippen LogP contribution in [0, 0.1) is 10.1 Å².